The van der Waals surface area contributed by atoms with Gasteiger partial charge in [-0.3, -0.25) is 9.36 Å². The Labute approximate surface area is 124 Å². The number of aromatic nitrogens is 2. The smallest absolute Gasteiger partial charge is 0.271 e. The Morgan fingerprint density at radius 3 is 3.10 bits per heavy atom. The Kier molecular flexibility index (Phi) is 3.95. The van der Waals surface area contributed by atoms with Gasteiger partial charge in [-0.05, 0) is 29.3 Å². The molecule has 0 aliphatic rings. The molecular weight excluding hydrogens is 290 g/mol. The van der Waals surface area contributed by atoms with Gasteiger partial charge in [0.15, 0.2) is 0 Å². The van der Waals surface area contributed by atoms with Gasteiger partial charge in [0.05, 0.1) is 11.8 Å². The largest absolute Gasteiger partial charge is 0.310 e. The molecule has 4 nitrogen and oxygen atoms in total. The predicted octanol–water partition coefficient (Wildman–Crippen LogP) is 2.62. The maximum Gasteiger partial charge on any atom is 0.271 e. The molecule has 1 N–H and O–H groups in total. The van der Waals surface area contributed by atoms with Crippen molar-refractivity contribution in [1.29, 1.82) is 0 Å². The van der Waals surface area contributed by atoms with E-state index in [-0.39, 0.29) is 5.56 Å². The molecule has 0 aliphatic carbocycles. The van der Waals surface area contributed by atoms with Crippen molar-refractivity contribution >= 4 is 32.9 Å². The fourth-order valence-corrected chi connectivity index (χ4v) is 3.67. The molecule has 0 amide bonds. The van der Waals surface area contributed by atoms with Crippen LogP contribution in [0.25, 0.3) is 10.2 Å². The van der Waals surface area contributed by atoms with E-state index in [0.29, 0.717) is 6.54 Å². The number of fused-ring (bicyclic) bond motifs is 1. The molecule has 0 atom stereocenters. The van der Waals surface area contributed by atoms with Crippen molar-refractivity contribution in [2.75, 3.05) is 6.54 Å². The van der Waals surface area contributed by atoms with Crippen LogP contribution < -0.4 is 10.9 Å². The van der Waals surface area contributed by atoms with Crippen molar-refractivity contribution in [1.82, 2.24) is 14.9 Å². The SMILES string of the molecule is Cc1csc2c(=O)n(CCNCc3cccs3)cnc12. The maximum absolute atomic E-state index is 12.3. The highest BCUT2D eigenvalue weighted by molar-refractivity contribution is 7.17. The van der Waals surface area contributed by atoms with Gasteiger partial charge in [0.2, 0.25) is 0 Å². The van der Waals surface area contributed by atoms with Crippen LogP contribution in [0.1, 0.15) is 10.4 Å². The highest BCUT2D eigenvalue weighted by Crippen LogP contribution is 2.19. The molecule has 3 aromatic heterocycles. The van der Waals surface area contributed by atoms with Gasteiger partial charge in [-0.25, -0.2) is 4.98 Å². The van der Waals surface area contributed by atoms with Gasteiger partial charge < -0.3 is 5.32 Å². The number of thiophene rings is 2. The van der Waals surface area contributed by atoms with Gasteiger partial charge in [0.1, 0.15) is 4.70 Å². The first-order chi connectivity index (χ1) is 9.75. The lowest BCUT2D eigenvalue weighted by molar-refractivity contribution is 0.585. The molecule has 3 aromatic rings. The molecule has 3 heterocycles. The minimum Gasteiger partial charge on any atom is -0.310 e. The van der Waals surface area contributed by atoms with Crippen LogP contribution >= 0.6 is 22.7 Å². The number of rotatable bonds is 5. The molecular formula is C14H15N3OS2. The molecule has 3 rings (SSSR count). The third kappa shape index (κ3) is 2.67. The summed E-state index contributed by atoms with van der Waals surface area (Å²) in [6, 6.07) is 4.15. The minimum absolute atomic E-state index is 0.0611. The highest BCUT2D eigenvalue weighted by atomic mass is 32.1. The maximum atomic E-state index is 12.3. The molecule has 0 unspecified atom stereocenters. The molecule has 0 radical (unpaired) electrons. The van der Waals surface area contributed by atoms with Crippen molar-refractivity contribution in [2.24, 2.45) is 0 Å². The van der Waals surface area contributed by atoms with Crippen molar-refractivity contribution in [3.05, 3.63) is 50.0 Å². The summed E-state index contributed by atoms with van der Waals surface area (Å²) in [5.74, 6) is 0. The summed E-state index contributed by atoms with van der Waals surface area (Å²) < 4.78 is 2.43. The van der Waals surface area contributed by atoms with Crippen LogP contribution in [0.2, 0.25) is 0 Å². The third-order valence-electron chi connectivity index (χ3n) is 3.13. The van der Waals surface area contributed by atoms with Crippen molar-refractivity contribution < 1.29 is 0 Å². The first kappa shape index (κ1) is 13.5. The average Bonchev–Trinajstić information content (AvgIpc) is 3.08. The van der Waals surface area contributed by atoms with Gasteiger partial charge in [-0.1, -0.05) is 6.07 Å². The summed E-state index contributed by atoms with van der Waals surface area (Å²) in [4.78, 5) is 18.0. The van der Waals surface area contributed by atoms with E-state index in [1.54, 1.807) is 22.2 Å². The Morgan fingerprint density at radius 2 is 2.30 bits per heavy atom. The Balaban J connectivity index is 1.65. The van der Waals surface area contributed by atoms with Gasteiger partial charge in [0.25, 0.3) is 5.56 Å². The summed E-state index contributed by atoms with van der Waals surface area (Å²) in [5.41, 5.74) is 1.97. The van der Waals surface area contributed by atoms with E-state index in [1.165, 1.54) is 16.2 Å². The second kappa shape index (κ2) is 5.87. The van der Waals surface area contributed by atoms with Gasteiger partial charge >= 0.3 is 0 Å². The van der Waals surface area contributed by atoms with Gasteiger partial charge in [-0.15, -0.1) is 22.7 Å². The summed E-state index contributed by atoms with van der Waals surface area (Å²) >= 11 is 3.21. The van der Waals surface area contributed by atoms with E-state index >= 15 is 0 Å². The zero-order valence-electron chi connectivity index (χ0n) is 11.1. The van der Waals surface area contributed by atoms with E-state index in [0.717, 1.165) is 28.9 Å². The summed E-state index contributed by atoms with van der Waals surface area (Å²) in [5, 5.41) is 7.40. The fraction of sp³-hybridized carbons (Fsp3) is 0.286. The highest BCUT2D eigenvalue weighted by Gasteiger charge is 2.07. The average molecular weight is 305 g/mol. The lowest BCUT2D eigenvalue weighted by Gasteiger charge is -2.06. The van der Waals surface area contributed by atoms with Crippen LogP contribution in [-0.4, -0.2) is 16.1 Å². The minimum atomic E-state index is 0.0611. The number of aryl methyl sites for hydroxylation is 1. The molecule has 20 heavy (non-hydrogen) atoms. The van der Waals surface area contributed by atoms with Gasteiger partial charge in [-0.2, -0.15) is 0 Å². The second-order valence-electron chi connectivity index (χ2n) is 4.60. The lowest BCUT2D eigenvalue weighted by Crippen LogP contribution is -2.26. The molecule has 0 saturated heterocycles. The molecule has 6 heteroatoms. The monoisotopic (exact) mass is 305 g/mol. The van der Waals surface area contributed by atoms with Gasteiger partial charge in [0, 0.05) is 24.5 Å². The van der Waals surface area contributed by atoms with Crippen LogP contribution in [0.15, 0.2) is 34.0 Å². The molecule has 0 aromatic carbocycles. The third-order valence-corrected chi connectivity index (χ3v) is 5.08. The van der Waals surface area contributed by atoms with E-state index in [2.05, 4.69) is 21.7 Å². The van der Waals surface area contributed by atoms with E-state index in [9.17, 15) is 4.79 Å². The van der Waals surface area contributed by atoms with Crippen LogP contribution in [0, 0.1) is 6.92 Å². The van der Waals surface area contributed by atoms with E-state index in [4.69, 9.17) is 0 Å². The van der Waals surface area contributed by atoms with Crippen LogP contribution in [0.4, 0.5) is 0 Å². The standard InChI is InChI=1S/C14H15N3OS2/c1-10-8-20-13-12(10)16-9-17(14(13)18)5-4-15-7-11-3-2-6-19-11/h2-3,6,8-9,15H,4-5,7H2,1H3. The molecule has 0 spiro atoms. The van der Waals surface area contributed by atoms with Crippen molar-refractivity contribution in [3.8, 4) is 0 Å². The molecule has 0 fully saturated rings. The first-order valence-corrected chi connectivity index (χ1v) is 8.18. The zero-order valence-corrected chi connectivity index (χ0v) is 12.8. The Hall–Kier alpha value is -1.50. The number of nitrogens with one attached hydrogen (secondary N) is 1. The Morgan fingerprint density at radius 1 is 1.40 bits per heavy atom. The number of nitrogens with zero attached hydrogens (tertiary/aromatic N) is 2. The number of hydrogen-bond acceptors (Lipinski definition) is 5. The summed E-state index contributed by atoms with van der Waals surface area (Å²) in [7, 11) is 0. The summed E-state index contributed by atoms with van der Waals surface area (Å²) in [6.45, 7) is 4.23. The van der Waals surface area contributed by atoms with Crippen LogP contribution in [0.5, 0.6) is 0 Å². The van der Waals surface area contributed by atoms with Crippen molar-refractivity contribution in [3.63, 3.8) is 0 Å². The second-order valence-corrected chi connectivity index (χ2v) is 6.51. The molecule has 104 valence electrons. The lowest BCUT2D eigenvalue weighted by atomic mass is 10.3. The van der Waals surface area contributed by atoms with E-state index in [1.807, 2.05) is 18.4 Å². The van der Waals surface area contributed by atoms with Crippen molar-refractivity contribution in [2.45, 2.75) is 20.0 Å². The Bertz CT molecular complexity index is 758. The summed E-state index contributed by atoms with van der Waals surface area (Å²) in [6.07, 6.45) is 1.65. The number of hydrogen-bond donors (Lipinski definition) is 1. The topological polar surface area (TPSA) is 46.9 Å². The predicted molar refractivity (Wildman–Crippen MR) is 84.6 cm³/mol. The molecule has 0 aliphatic heterocycles. The van der Waals surface area contributed by atoms with Crippen LogP contribution in [-0.2, 0) is 13.1 Å². The normalized spacial score (nSPS) is 11.2. The molecule has 0 bridgehead atoms. The molecule has 0 saturated carbocycles. The quantitative estimate of drug-likeness (QED) is 0.737. The van der Waals surface area contributed by atoms with E-state index < -0.39 is 0 Å². The fourth-order valence-electron chi connectivity index (χ4n) is 2.04. The van der Waals surface area contributed by atoms with Crippen LogP contribution in [0.3, 0.4) is 0 Å². The first-order valence-electron chi connectivity index (χ1n) is 6.42. The zero-order chi connectivity index (χ0) is 13.9.